The quantitative estimate of drug-likeness (QED) is 0.357. The molecule has 1 atom stereocenters. The zero-order chi connectivity index (χ0) is 19.9. The van der Waals surface area contributed by atoms with Crippen molar-refractivity contribution >= 4 is 17.9 Å². The lowest BCUT2D eigenvalue weighted by Crippen LogP contribution is -2.11. The van der Waals surface area contributed by atoms with Crippen molar-refractivity contribution in [2.75, 3.05) is 12.8 Å². The van der Waals surface area contributed by atoms with Gasteiger partial charge < -0.3 is 20.7 Å². The van der Waals surface area contributed by atoms with Gasteiger partial charge in [-0.2, -0.15) is 5.10 Å². The molecule has 0 amide bonds. The Kier molecular flexibility index (Phi) is 6.02. The summed E-state index contributed by atoms with van der Waals surface area (Å²) in [6, 6.07) is 7.32. The van der Waals surface area contributed by atoms with Crippen molar-refractivity contribution in [2.24, 2.45) is 15.9 Å². The molecule has 0 saturated heterocycles. The fourth-order valence-corrected chi connectivity index (χ4v) is 2.38. The summed E-state index contributed by atoms with van der Waals surface area (Å²) in [4.78, 5) is 21.2. The molecule has 0 radical (unpaired) electrons. The van der Waals surface area contributed by atoms with Crippen LogP contribution >= 0.6 is 0 Å². The Hall–Kier alpha value is -3.66. The summed E-state index contributed by atoms with van der Waals surface area (Å²) in [5.41, 5.74) is 8.57. The molecule has 10 heteroatoms. The number of hydrogen-bond donors (Lipinski definition) is 2. The second-order valence-electron chi connectivity index (χ2n) is 5.75. The van der Waals surface area contributed by atoms with E-state index >= 15 is 0 Å². The van der Waals surface area contributed by atoms with Crippen LogP contribution < -0.4 is 11.6 Å². The predicted octanol–water partition coefficient (Wildman–Crippen LogP) is 1.75. The molecule has 0 spiro atoms. The van der Waals surface area contributed by atoms with Crippen LogP contribution in [0.25, 0.3) is 11.6 Å². The number of aliphatic imine (C=N–C) groups is 1. The molecule has 3 rings (SSSR count). The van der Waals surface area contributed by atoms with Crippen LogP contribution in [0.5, 0.6) is 0 Å². The standard InChI is InChI=1S/C18H20N8O2/c1-11(27-2)13-5-3-4-12(23-13)9-21-10-16(26-20)14-8-15(25-18(19)24-14)17-22-6-7-28-17/h3-8,10-11H,9,20H2,1-2H3,(H2,19,24,25). The second kappa shape index (κ2) is 8.82. The van der Waals surface area contributed by atoms with Crippen LogP contribution in [0.3, 0.4) is 0 Å². The minimum atomic E-state index is -0.0947. The first kappa shape index (κ1) is 19.1. The minimum Gasteiger partial charge on any atom is -0.443 e. The number of rotatable bonds is 7. The van der Waals surface area contributed by atoms with E-state index in [9.17, 15) is 0 Å². The van der Waals surface area contributed by atoms with Crippen molar-refractivity contribution in [3.8, 4) is 11.6 Å². The van der Waals surface area contributed by atoms with Crippen molar-refractivity contribution in [3.63, 3.8) is 0 Å². The molecule has 0 aliphatic carbocycles. The summed E-state index contributed by atoms with van der Waals surface area (Å²) < 4.78 is 10.5. The number of ether oxygens (including phenoxy) is 1. The third-order valence-electron chi connectivity index (χ3n) is 3.86. The van der Waals surface area contributed by atoms with Gasteiger partial charge in [0.15, 0.2) is 0 Å². The highest BCUT2D eigenvalue weighted by Gasteiger charge is 2.12. The molecule has 0 aromatic carbocycles. The van der Waals surface area contributed by atoms with Gasteiger partial charge in [-0.25, -0.2) is 15.0 Å². The van der Waals surface area contributed by atoms with E-state index in [0.717, 1.165) is 11.4 Å². The highest BCUT2D eigenvalue weighted by molar-refractivity contribution is 6.37. The van der Waals surface area contributed by atoms with Crippen molar-refractivity contribution in [3.05, 3.63) is 53.8 Å². The SMILES string of the molecule is COC(C)c1cccc(CN=CC(=NN)c2cc(-c3ncco3)nc(N)n2)n1. The Labute approximate surface area is 161 Å². The Morgan fingerprint density at radius 3 is 2.89 bits per heavy atom. The fourth-order valence-electron chi connectivity index (χ4n) is 2.38. The number of aromatic nitrogens is 4. The molecular weight excluding hydrogens is 360 g/mol. The Balaban J connectivity index is 1.78. The lowest BCUT2D eigenvalue weighted by molar-refractivity contribution is 0.116. The van der Waals surface area contributed by atoms with Crippen LogP contribution in [-0.2, 0) is 11.3 Å². The molecule has 0 fully saturated rings. The van der Waals surface area contributed by atoms with Crippen LogP contribution in [-0.4, -0.2) is 39.0 Å². The first-order valence-corrected chi connectivity index (χ1v) is 8.42. The molecule has 3 aromatic heterocycles. The van der Waals surface area contributed by atoms with Crippen LogP contribution in [0, 0.1) is 0 Å². The third kappa shape index (κ3) is 4.54. The molecule has 0 bridgehead atoms. The summed E-state index contributed by atoms with van der Waals surface area (Å²) in [5, 5.41) is 3.74. The van der Waals surface area contributed by atoms with E-state index in [-0.39, 0.29) is 12.1 Å². The smallest absolute Gasteiger partial charge is 0.245 e. The maximum absolute atomic E-state index is 5.78. The number of nitrogens with zero attached hydrogens (tertiary/aromatic N) is 6. The van der Waals surface area contributed by atoms with Gasteiger partial charge in [-0.15, -0.1) is 0 Å². The number of nitrogens with two attached hydrogens (primary N) is 2. The van der Waals surface area contributed by atoms with Crippen LogP contribution in [0.1, 0.15) is 30.1 Å². The summed E-state index contributed by atoms with van der Waals surface area (Å²) in [5.74, 6) is 5.87. The molecule has 0 aliphatic rings. The van der Waals surface area contributed by atoms with Gasteiger partial charge in [0.2, 0.25) is 11.8 Å². The molecule has 0 aliphatic heterocycles. The second-order valence-corrected chi connectivity index (χ2v) is 5.75. The molecule has 28 heavy (non-hydrogen) atoms. The molecule has 3 aromatic rings. The first-order chi connectivity index (χ1) is 13.6. The molecule has 3 heterocycles. The van der Waals surface area contributed by atoms with Gasteiger partial charge in [-0.3, -0.25) is 9.98 Å². The summed E-state index contributed by atoms with van der Waals surface area (Å²) >= 11 is 0. The monoisotopic (exact) mass is 380 g/mol. The van der Waals surface area contributed by atoms with Gasteiger partial charge in [0.1, 0.15) is 17.7 Å². The largest absolute Gasteiger partial charge is 0.443 e. The fraction of sp³-hybridized carbons (Fsp3) is 0.222. The van der Waals surface area contributed by atoms with Crippen molar-refractivity contribution in [1.29, 1.82) is 0 Å². The molecule has 10 nitrogen and oxygen atoms in total. The van der Waals surface area contributed by atoms with Crippen molar-refractivity contribution in [2.45, 2.75) is 19.6 Å². The number of methoxy groups -OCH3 is 1. The number of nitrogen functional groups attached to an aromatic ring is 1. The predicted molar refractivity (Wildman–Crippen MR) is 105 cm³/mol. The highest BCUT2D eigenvalue weighted by atomic mass is 16.5. The number of hydrogen-bond acceptors (Lipinski definition) is 10. The first-order valence-electron chi connectivity index (χ1n) is 8.42. The zero-order valence-corrected chi connectivity index (χ0v) is 15.5. The maximum atomic E-state index is 5.78. The summed E-state index contributed by atoms with van der Waals surface area (Å²) in [6.45, 7) is 2.27. The average molecular weight is 380 g/mol. The van der Waals surface area contributed by atoms with Gasteiger partial charge in [-0.1, -0.05) is 6.07 Å². The van der Waals surface area contributed by atoms with Gasteiger partial charge in [-0.05, 0) is 25.1 Å². The number of hydrazone groups is 1. The number of pyridine rings is 1. The minimum absolute atomic E-state index is 0.0446. The van der Waals surface area contributed by atoms with E-state index in [2.05, 4.69) is 30.0 Å². The molecule has 144 valence electrons. The van der Waals surface area contributed by atoms with Crippen molar-refractivity contribution < 1.29 is 9.15 Å². The van der Waals surface area contributed by atoms with Gasteiger partial charge in [0.25, 0.3) is 0 Å². The summed E-state index contributed by atoms with van der Waals surface area (Å²) in [7, 11) is 1.64. The van der Waals surface area contributed by atoms with Crippen molar-refractivity contribution in [1.82, 2.24) is 19.9 Å². The van der Waals surface area contributed by atoms with Gasteiger partial charge in [0.05, 0.1) is 42.1 Å². The highest BCUT2D eigenvalue weighted by Crippen LogP contribution is 2.17. The van der Waals surface area contributed by atoms with Gasteiger partial charge >= 0.3 is 0 Å². The maximum Gasteiger partial charge on any atom is 0.245 e. The third-order valence-corrected chi connectivity index (χ3v) is 3.86. The van der Waals surface area contributed by atoms with E-state index in [1.54, 1.807) is 13.2 Å². The van der Waals surface area contributed by atoms with Crippen LogP contribution in [0.2, 0.25) is 0 Å². The van der Waals surface area contributed by atoms with E-state index in [1.165, 1.54) is 18.7 Å². The van der Waals surface area contributed by atoms with Gasteiger partial charge in [0, 0.05) is 7.11 Å². The lowest BCUT2D eigenvalue weighted by Gasteiger charge is -2.09. The van der Waals surface area contributed by atoms with E-state index in [1.807, 2.05) is 25.1 Å². The normalized spacial score (nSPS) is 13.1. The van der Waals surface area contributed by atoms with E-state index in [0.29, 0.717) is 29.5 Å². The summed E-state index contributed by atoms with van der Waals surface area (Å²) in [6.07, 6.45) is 4.37. The Morgan fingerprint density at radius 2 is 2.18 bits per heavy atom. The average Bonchev–Trinajstić information content (AvgIpc) is 3.25. The Morgan fingerprint density at radius 1 is 1.32 bits per heavy atom. The molecule has 4 N–H and O–H groups in total. The van der Waals surface area contributed by atoms with E-state index in [4.69, 9.17) is 20.7 Å². The topological polar surface area (TPSA) is 151 Å². The number of oxazole rings is 1. The zero-order valence-electron chi connectivity index (χ0n) is 15.5. The number of anilines is 1. The lowest BCUT2D eigenvalue weighted by atomic mass is 10.2. The van der Waals surface area contributed by atoms with Crippen LogP contribution in [0.4, 0.5) is 5.95 Å². The van der Waals surface area contributed by atoms with Crippen LogP contribution in [0.15, 0.2) is 51.2 Å². The molecular formula is C18H20N8O2. The molecule has 0 saturated carbocycles. The van der Waals surface area contributed by atoms with E-state index < -0.39 is 0 Å². The molecule has 1 unspecified atom stereocenters. The Bertz CT molecular complexity index is 985.